The van der Waals surface area contributed by atoms with E-state index in [-0.39, 0.29) is 0 Å². The number of benzene rings is 8. The van der Waals surface area contributed by atoms with E-state index in [4.69, 9.17) is 0 Å². The maximum atomic E-state index is 2.37. The van der Waals surface area contributed by atoms with Crippen molar-refractivity contribution >= 4 is 0 Å². The number of hydrogen-bond donors (Lipinski definition) is 0. The van der Waals surface area contributed by atoms with Crippen molar-refractivity contribution < 1.29 is 0 Å². The second-order valence-electron chi connectivity index (χ2n) is 12.2. The molecule has 0 atom stereocenters. The van der Waals surface area contributed by atoms with Gasteiger partial charge in [0.05, 0.1) is 0 Å². The molecule has 48 heavy (non-hydrogen) atoms. The Bertz CT molecular complexity index is 2030. The van der Waals surface area contributed by atoms with E-state index in [1.165, 1.54) is 77.9 Å². The molecule has 0 aromatic heterocycles. The fourth-order valence-electron chi connectivity index (χ4n) is 6.54. The topological polar surface area (TPSA) is 0 Å². The Kier molecular flexibility index (Phi) is 8.05. The normalized spacial score (nSPS) is 10.9. The van der Waals surface area contributed by atoms with Crippen molar-refractivity contribution in [3.05, 3.63) is 206 Å². The first-order chi connectivity index (χ1) is 23.8. The van der Waals surface area contributed by atoms with Gasteiger partial charge in [0, 0.05) is 0 Å². The molecule has 0 spiro atoms. The zero-order chi connectivity index (χ0) is 32.1. The Hall–Kier alpha value is -6.24. The van der Waals surface area contributed by atoms with Crippen LogP contribution in [0.3, 0.4) is 0 Å². The Morgan fingerprint density at radius 1 is 0.125 bits per heavy atom. The fourth-order valence-corrected chi connectivity index (χ4v) is 6.54. The minimum absolute atomic E-state index is 1.19. The largest absolute Gasteiger partial charge is 0.0622 e. The Balaban J connectivity index is 1.36. The molecule has 0 bridgehead atoms. The second kappa shape index (κ2) is 13.2. The van der Waals surface area contributed by atoms with E-state index in [1.54, 1.807) is 0 Å². The molecule has 0 amide bonds. The van der Waals surface area contributed by atoms with Crippen molar-refractivity contribution in [2.75, 3.05) is 0 Å². The van der Waals surface area contributed by atoms with Crippen molar-refractivity contribution in [2.45, 2.75) is 0 Å². The molecule has 0 aliphatic carbocycles. The molecule has 0 saturated carbocycles. The lowest BCUT2D eigenvalue weighted by Gasteiger charge is -2.16. The van der Waals surface area contributed by atoms with E-state index < -0.39 is 0 Å². The third-order valence-electron chi connectivity index (χ3n) is 9.00. The van der Waals surface area contributed by atoms with E-state index in [1.807, 2.05) is 0 Å². The van der Waals surface area contributed by atoms with E-state index in [0.717, 1.165) is 0 Å². The Morgan fingerprint density at radius 2 is 0.250 bits per heavy atom. The monoisotopic (exact) mass is 610 g/mol. The maximum Gasteiger partial charge on any atom is -0.0171 e. The van der Waals surface area contributed by atoms with Crippen LogP contribution in [0.4, 0.5) is 0 Å². The highest BCUT2D eigenvalue weighted by Gasteiger charge is 2.13. The van der Waals surface area contributed by atoms with Gasteiger partial charge in [-0.25, -0.2) is 0 Å². The molecule has 226 valence electrons. The molecule has 0 radical (unpaired) electrons. The van der Waals surface area contributed by atoms with Gasteiger partial charge >= 0.3 is 0 Å². The summed E-state index contributed by atoms with van der Waals surface area (Å²) >= 11 is 0. The maximum absolute atomic E-state index is 2.37. The van der Waals surface area contributed by atoms with Crippen LogP contribution in [0, 0.1) is 0 Å². The molecular formula is C48H34. The molecule has 0 saturated heterocycles. The van der Waals surface area contributed by atoms with Crippen LogP contribution in [0.5, 0.6) is 0 Å². The van der Waals surface area contributed by atoms with Gasteiger partial charge in [-0.1, -0.05) is 152 Å². The van der Waals surface area contributed by atoms with Gasteiger partial charge in [0.2, 0.25) is 0 Å². The molecule has 0 unspecified atom stereocenters. The summed E-state index contributed by atoms with van der Waals surface area (Å²) in [5, 5.41) is 0. The van der Waals surface area contributed by atoms with E-state index in [9.17, 15) is 0 Å². The first-order valence-corrected chi connectivity index (χ1v) is 16.5. The second-order valence-corrected chi connectivity index (χ2v) is 12.2. The quantitative estimate of drug-likeness (QED) is 0.168. The third kappa shape index (κ3) is 6.25. The predicted octanol–water partition coefficient (Wildman–Crippen LogP) is 13.4. The zero-order valence-electron chi connectivity index (χ0n) is 26.6. The Morgan fingerprint density at radius 3 is 0.396 bits per heavy atom. The molecule has 8 aromatic carbocycles. The van der Waals surface area contributed by atoms with Gasteiger partial charge in [-0.15, -0.1) is 0 Å². The molecule has 0 N–H and O–H groups in total. The van der Waals surface area contributed by atoms with Crippen molar-refractivity contribution in [1.29, 1.82) is 0 Å². The predicted molar refractivity (Wildman–Crippen MR) is 204 cm³/mol. The van der Waals surface area contributed by atoms with Crippen LogP contribution >= 0.6 is 0 Å². The van der Waals surface area contributed by atoms with Crippen molar-refractivity contribution in [2.24, 2.45) is 0 Å². The summed E-state index contributed by atoms with van der Waals surface area (Å²) in [4.78, 5) is 0. The summed E-state index contributed by atoms with van der Waals surface area (Å²) in [5.41, 5.74) is 16.8. The average molecular weight is 611 g/mol. The van der Waals surface area contributed by atoms with Crippen LogP contribution < -0.4 is 0 Å². The molecule has 0 heteroatoms. The van der Waals surface area contributed by atoms with Crippen molar-refractivity contribution in [1.82, 2.24) is 0 Å². The summed E-state index contributed by atoms with van der Waals surface area (Å²) in [6, 6.07) is 74.5. The van der Waals surface area contributed by atoms with Gasteiger partial charge in [0.15, 0.2) is 0 Å². The minimum atomic E-state index is 1.19. The van der Waals surface area contributed by atoms with Gasteiger partial charge in [-0.3, -0.25) is 0 Å². The van der Waals surface area contributed by atoms with Crippen LogP contribution in [0.25, 0.3) is 77.9 Å². The van der Waals surface area contributed by atoms with Gasteiger partial charge < -0.3 is 0 Å². The summed E-state index contributed by atoms with van der Waals surface area (Å²) in [7, 11) is 0. The first kappa shape index (κ1) is 29.2. The molecular weight excluding hydrogens is 577 g/mol. The van der Waals surface area contributed by atoms with Gasteiger partial charge in [-0.05, 0) is 132 Å². The SMILES string of the molecule is c1ccc(-c2cc(-c3ccccc3)cc(-c3cc(-c4ccccc4)cc(-c4cc(-c5ccccc5)cc(-c5ccccc5)c4)c3)c2)cc1. The minimum Gasteiger partial charge on any atom is -0.0622 e. The zero-order valence-corrected chi connectivity index (χ0v) is 26.6. The van der Waals surface area contributed by atoms with E-state index >= 15 is 0 Å². The van der Waals surface area contributed by atoms with Gasteiger partial charge in [-0.2, -0.15) is 0 Å². The molecule has 0 aliphatic heterocycles. The molecule has 0 fully saturated rings. The summed E-state index contributed by atoms with van der Waals surface area (Å²) in [6.07, 6.45) is 0. The average Bonchev–Trinajstić information content (AvgIpc) is 3.19. The number of rotatable bonds is 7. The Labute approximate surface area is 283 Å². The molecule has 0 heterocycles. The highest BCUT2D eigenvalue weighted by Crippen LogP contribution is 2.39. The standard InChI is InChI=1S/C48H34/c1-6-16-35(17-7-1)40-26-41(36-18-8-2-9-19-36)29-45(28-40)47-32-44(39-24-14-5-15-25-39)33-48(34-47)46-30-42(37-20-10-3-11-21-37)27-43(31-46)38-22-12-4-13-23-38/h1-34H. The molecule has 0 aliphatic rings. The molecule has 0 nitrogen and oxygen atoms in total. The van der Waals surface area contributed by atoms with E-state index in [0.29, 0.717) is 0 Å². The summed E-state index contributed by atoms with van der Waals surface area (Å²) in [5.74, 6) is 0. The van der Waals surface area contributed by atoms with Crippen LogP contribution in [0.15, 0.2) is 206 Å². The lowest BCUT2D eigenvalue weighted by atomic mass is 9.88. The van der Waals surface area contributed by atoms with Crippen molar-refractivity contribution in [3.8, 4) is 77.9 Å². The molecule has 8 aromatic rings. The smallest absolute Gasteiger partial charge is 0.0171 e. The van der Waals surface area contributed by atoms with Crippen LogP contribution in [0.1, 0.15) is 0 Å². The van der Waals surface area contributed by atoms with Gasteiger partial charge in [0.1, 0.15) is 0 Å². The van der Waals surface area contributed by atoms with Gasteiger partial charge in [0.25, 0.3) is 0 Å². The van der Waals surface area contributed by atoms with Crippen LogP contribution in [0.2, 0.25) is 0 Å². The summed E-state index contributed by atoms with van der Waals surface area (Å²) in [6.45, 7) is 0. The number of hydrogen-bond acceptors (Lipinski definition) is 0. The van der Waals surface area contributed by atoms with E-state index in [2.05, 4.69) is 206 Å². The van der Waals surface area contributed by atoms with Crippen LogP contribution in [-0.4, -0.2) is 0 Å². The first-order valence-electron chi connectivity index (χ1n) is 16.5. The molecule has 8 rings (SSSR count). The lowest BCUT2D eigenvalue weighted by molar-refractivity contribution is 1.54. The summed E-state index contributed by atoms with van der Waals surface area (Å²) < 4.78 is 0. The highest BCUT2D eigenvalue weighted by molar-refractivity contribution is 5.88. The lowest BCUT2D eigenvalue weighted by Crippen LogP contribution is -1.90. The van der Waals surface area contributed by atoms with Crippen molar-refractivity contribution in [3.63, 3.8) is 0 Å². The fraction of sp³-hybridized carbons (Fsp3) is 0. The van der Waals surface area contributed by atoms with Crippen LogP contribution in [-0.2, 0) is 0 Å². The highest BCUT2D eigenvalue weighted by atomic mass is 14.2. The third-order valence-corrected chi connectivity index (χ3v) is 9.00.